The van der Waals surface area contributed by atoms with Gasteiger partial charge in [0.25, 0.3) is 0 Å². The first kappa shape index (κ1) is 27.9. The van der Waals surface area contributed by atoms with Crippen molar-refractivity contribution in [2.24, 2.45) is 0 Å². The van der Waals surface area contributed by atoms with E-state index in [0.717, 1.165) is 12.8 Å². The first-order valence-corrected chi connectivity index (χ1v) is 9.44. The van der Waals surface area contributed by atoms with Gasteiger partial charge in [0.1, 0.15) is 12.7 Å². The Labute approximate surface area is 190 Å². The van der Waals surface area contributed by atoms with Crippen LogP contribution >= 0.6 is 24.8 Å². The van der Waals surface area contributed by atoms with Gasteiger partial charge in [-0.05, 0) is 55.5 Å². The Morgan fingerprint density at radius 2 is 1.93 bits per heavy atom. The molecule has 2 aromatic rings. The molecule has 0 spiro atoms. The largest absolute Gasteiger partial charge is 0.488 e. The zero-order chi connectivity index (χ0) is 20.4. The monoisotopic (exact) mass is 454 g/mol. The van der Waals surface area contributed by atoms with Crippen LogP contribution in [0.25, 0.3) is 5.57 Å². The van der Waals surface area contributed by atoms with Crippen molar-refractivity contribution in [1.29, 1.82) is 5.26 Å². The number of nitriles is 1. The van der Waals surface area contributed by atoms with Crippen molar-refractivity contribution in [3.63, 3.8) is 0 Å². The van der Waals surface area contributed by atoms with Gasteiger partial charge in [0.2, 0.25) is 0 Å². The number of rotatable bonds is 10. The second-order valence-corrected chi connectivity index (χ2v) is 6.90. The number of aliphatic hydroxyl groups is 1. The number of aliphatic hydroxyl groups excluding tert-OH is 1. The van der Waals surface area contributed by atoms with E-state index in [9.17, 15) is 9.50 Å². The van der Waals surface area contributed by atoms with Crippen LogP contribution in [-0.4, -0.2) is 30.4 Å². The SMILES string of the molecule is C/C(=C/C#N)c1ccc(OCC(O)CNC(C)CCc2ccccc2)c(F)c1.Cl.Cl. The summed E-state index contributed by atoms with van der Waals surface area (Å²) in [4.78, 5) is 0. The van der Waals surface area contributed by atoms with E-state index in [0.29, 0.717) is 17.7 Å². The molecule has 0 aromatic heterocycles. The van der Waals surface area contributed by atoms with Crippen LogP contribution < -0.4 is 10.1 Å². The van der Waals surface area contributed by atoms with Crippen molar-refractivity contribution < 1.29 is 14.2 Å². The third-order valence-corrected chi connectivity index (χ3v) is 4.51. The maximum atomic E-state index is 14.1. The second kappa shape index (κ2) is 14.8. The van der Waals surface area contributed by atoms with Crippen LogP contribution in [0.5, 0.6) is 5.75 Å². The second-order valence-electron chi connectivity index (χ2n) is 6.90. The van der Waals surface area contributed by atoms with Crippen LogP contribution in [0.3, 0.4) is 0 Å². The van der Waals surface area contributed by atoms with E-state index in [-0.39, 0.29) is 43.2 Å². The molecule has 2 N–H and O–H groups in total. The number of nitrogens with one attached hydrogen (secondary N) is 1. The fraction of sp³-hybridized carbons (Fsp3) is 0.348. The maximum Gasteiger partial charge on any atom is 0.165 e. The van der Waals surface area contributed by atoms with Gasteiger partial charge in [-0.1, -0.05) is 36.4 Å². The molecule has 4 nitrogen and oxygen atoms in total. The van der Waals surface area contributed by atoms with E-state index in [4.69, 9.17) is 10.00 Å². The molecule has 0 amide bonds. The molecule has 0 radical (unpaired) electrons. The first-order chi connectivity index (χ1) is 13.5. The zero-order valence-electron chi connectivity index (χ0n) is 17.2. The molecule has 0 saturated carbocycles. The van der Waals surface area contributed by atoms with Crippen molar-refractivity contribution >= 4 is 30.4 Å². The van der Waals surface area contributed by atoms with Gasteiger partial charge in [-0.2, -0.15) is 5.26 Å². The highest BCUT2D eigenvalue weighted by atomic mass is 35.5. The van der Waals surface area contributed by atoms with Crippen LogP contribution in [0, 0.1) is 17.1 Å². The Morgan fingerprint density at radius 3 is 2.57 bits per heavy atom. The fourth-order valence-electron chi connectivity index (χ4n) is 2.76. The minimum Gasteiger partial charge on any atom is -0.488 e. The van der Waals surface area contributed by atoms with Gasteiger partial charge in [-0.3, -0.25) is 0 Å². The number of halogens is 3. The molecule has 2 atom stereocenters. The van der Waals surface area contributed by atoms with E-state index in [1.807, 2.05) is 24.3 Å². The zero-order valence-corrected chi connectivity index (χ0v) is 18.8. The third-order valence-electron chi connectivity index (χ3n) is 4.51. The van der Waals surface area contributed by atoms with Crippen LogP contribution in [0.15, 0.2) is 54.6 Å². The van der Waals surface area contributed by atoms with E-state index in [1.165, 1.54) is 23.8 Å². The highest BCUT2D eigenvalue weighted by Gasteiger charge is 2.11. The molecule has 2 rings (SSSR count). The minimum absolute atomic E-state index is 0. The van der Waals surface area contributed by atoms with Gasteiger partial charge in [0, 0.05) is 18.7 Å². The summed E-state index contributed by atoms with van der Waals surface area (Å²) >= 11 is 0. The molecule has 0 aliphatic carbocycles. The van der Waals surface area contributed by atoms with Crippen molar-refractivity contribution in [3.05, 3.63) is 71.6 Å². The summed E-state index contributed by atoms with van der Waals surface area (Å²) in [6.07, 6.45) is 2.56. The lowest BCUT2D eigenvalue weighted by Gasteiger charge is -2.18. The summed E-state index contributed by atoms with van der Waals surface area (Å²) in [7, 11) is 0. The Kier molecular flexibility index (Phi) is 13.8. The lowest BCUT2D eigenvalue weighted by Crippen LogP contribution is -2.36. The molecule has 0 fully saturated rings. The molecule has 2 aromatic carbocycles. The Bertz CT molecular complexity index is 826. The van der Waals surface area contributed by atoms with Crippen LogP contribution in [0.4, 0.5) is 4.39 Å². The van der Waals surface area contributed by atoms with Crippen molar-refractivity contribution in [2.45, 2.75) is 38.8 Å². The Hall–Kier alpha value is -2.10. The summed E-state index contributed by atoms with van der Waals surface area (Å²) < 4.78 is 19.5. The summed E-state index contributed by atoms with van der Waals surface area (Å²) in [6.45, 7) is 4.19. The molecule has 164 valence electrons. The van der Waals surface area contributed by atoms with E-state index >= 15 is 0 Å². The number of hydrogen-bond donors (Lipinski definition) is 2. The van der Waals surface area contributed by atoms with Crippen LogP contribution in [0.1, 0.15) is 31.4 Å². The average molecular weight is 455 g/mol. The molecule has 2 unspecified atom stereocenters. The molecular weight excluding hydrogens is 426 g/mol. The molecule has 7 heteroatoms. The summed E-state index contributed by atoms with van der Waals surface area (Å²) in [5, 5.41) is 22.0. The highest BCUT2D eigenvalue weighted by molar-refractivity contribution is 5.85. The Morgan fingerprint density at radius 1 is 1.23 bits per heavy atom. The highest BCUT2D eigenvalue weighted by Crippen LogP contribution is 2.22. The number of hydrogen-bond acceptors (Lipinski definition) is 4. The lowest BCUT2D eigenvalue weighted by atomic mass is 10.1. The molecule has 0 heterocycles. The quantitative estimate of drug-likeness (QED) is 0.498. The smallest absolute Gasteiger partial charge is 0.165 e. The van der Waals surface area contributed by atoms with Crippen LogP contribution in [-0.2, 0) is 6.42 Å². The fourth-order valence-corrected chi connectivity index (χ4v) is 2.76. The number of nitrogens with zero attached hydrogens (tertiary/aromatic N) is 1. The topological polar surface area (TPSA) is 65.3 Å². The van der Waals surface area contributed by atoms with E-state index < -0.39 is 11.9 Å². The normalized spacial score (nSPS) is 12.7. The van der Waals surface area contributed by atoms with Crippen LogP contribution in [0.2, 0.25) is 0 Å². The molecule has 30 heavy (non-hydrogen) atoms. The van der Waals surface area contributed by atoms with Crippen molar-refractivity contribution in [1.82, 2.24) is 5.32 Å². The summed E-state index contributed by atoms with van der Waals surface area (Å²) in [5.74, 6) is -0.427. The van der Waals surface area contributed by atoms with Gasteiger partial charge in [-0.15, -0.1) is 24.8 Å². The molecular formula is C23H29Cl2FN2O2. The van der Waals surface area contributed by atoms with E-state index in [2.05, 4.69) is 24.4 Å². The third kappa shape index (κ3) is 9.60. The molecule has 0 aliphatic heterocycles. The number of benzene rings is 2. The van der Waals surface area contributed by atoms with Gasteiger partial charge in [0.05, 0.1) is 6.07 Å². The number of allylic oxidation sites excluding steroid dienone is 2. The number of ether oxygens (including phenoxy) is 1. The van der Waals surface area contributed by atoms with Gasteiger partial charge in [0.15, 0.2) is 11.6 Å². The number of aryl methyl sites for hydroxylation is 1. The van der Waals surface area contributed by atoms with Gasteiger partial charge in [-0.25, -0.2) is 4.39 Å². The standard InChI is InChI=1S/C23H27FN2O2.2ClH/c1-17(12-13-25)20-10-11-23(22(24)14-20)28-16-21(27)15-26-18(2)8-9-19-6-4-3-5-7-19;;/h3-7,10-12,14,18,21,26-27H,8-9,15-16H2,1-2H3;2*1H/b17-12-;;. The van der Waals surface area contributed by atoms with Crippen molar-refractivity contribution in [2.75, 3.05) is 13.2 Å². The maximum absolute atomic E-state index is 14.1. The molecule has 0 aliphatic rings. The first-order valence-electron chi connectivity index (χ1n) is 9.44. The minimum atomic E-state index is -0.738. The Balaban J connectivity index is 0.00000420. The predicted molar refractivity (Wildman–Crippen MR) is 124 cm³/mol. The molecule has 0 bridgehead atoms. The van der Waals surface area contributed by atoms with Gasteiger partial charge < -0.3 is 15.2 Å². The predicted octanol–water partition coefficient (Wildman–Crippen LogP) is 4.95. The lowest BCUT2D eigenvalue weighted by molar-refractivity contribution is 0.101. The van der Waals surface area contributed by atoms with E-state index in [1.54, 1.807) is 13.0 Å². The summed E-state index contributed by atoms with van der Waals surface area (Å²) in [5.41, 5.74) is 2.60. The summed E-state index contributed by atoms with van der Waals surface area (Å²) in [6, 6.07) is 17.0. The average Bonchev–Trinajstić information content (AvgIpc) is 2.70. The molecule has 0 saturated heterocycles. The van der Waals surface area contributed by atoms with Gasteiger partial charge >= 0.3 is 0 Å². The van der Waals surface area contributed by atoms with Crippen molar-refractivity contribution in [3.8, 4) is 11.8 Å².